The molecule has 1 N–H and O–H groups in total. The van der Waals surface area contributed by atoms with E-state index in [1.54, 1.807) is 0 Å². The molecule has 32 heavy (non-hydrogen) atoms. The van der Waals surface area contributed by atoms with Gasteiger partial charge in [0.2, 0.25) is 5.91 Å². The second kappa shape index (κ2) is 10.9. The number of amides is 2. The molecule has 2 aromatic rings. The van der Waals surface area contributed by atoms with Crippen LogP contribution in [-0.2, 0) is 4.79 Å². The molecule has 2 heterocycles. The van der Waals surface area contributed by atoms with Gasteiger partial charge in [-0.15, -0.1) is 0 Å². The van der Waals surface area contributed by atoms with E-state index in [2.05, 4.69) is 22.0 Å². The first-order valence-corrected chi connectivity index (χ1v) is 12.1. The van der Waals surface area contributed by atoms with Crippen molar-refractivity contribution < 1.29 is 9.59 Å². The molecule has 6 heteroatoms. The van der Waals surface area contributed by atoms with E-state index in [4.69, 9.17) is 0 Å². The molecule has 6 nitrogen and oxygen atoms in total. The number of piperidine rings is 1. The highest BCUT2D eigenvalue weighted by Crippen LogP contribution is 2.23. The molecule has 2 aliphatic heterocycles. The smallest absolute Gasteiger partial charge is 0.254 e. The minimum Gasteiger partial charge on any atom is -0.356 e. The Bertz CT molecular complexity index is 918. The van der Waals surface area contributed by atoms with Crippen molar-refractivity contribution in [3.05, 3.63) is 48.0 Å². The maximum absolute atomic E-state index is 13.2. The monoisotopic (exact) mass is 436 g/mol. The maximum atomic E-state index is 13.2. The number of benzene rings is 2. The van der Waals surface area contributed by atoms with Crippen molar-refractivity contribution in [1.82, 2.24) is 20.0 Å². The van der Waals surface area contributed by atoms with Crippen molar-refractivity contribution in [2.24, 2.45) is 5.92 Å². The lowest BCUT2D eigenvalue weighted by Gasteiger charge is -2.34. The second-order valence-electron chi connectivity index (χ2n) is 9.04. The Morgan fingerprint density at radius 1 is 0.969 bits per heavy atom. The quantitative estimate of drug-likeness (QED) is 0.678. The SMILES string of the molecule is CCN1CCN(CCCNC(=O)C2CCCN(C(=O)c3cccc4ccccc34)C2)CC1. The Kier molecular flexibility index (Phi) is 7.76. The van der Waals surface area contributed by atoms with Gasteiger partial charge in [0.05, 0.1) is 5.92 Å². The predicted octanol–water partition coefficient (Wildman–Crippen LogP) is 2.84. The van der Waals surface area contributed by atoms with Crippen molar-refractivity contribution >= 4 is 22.6 Å². The lowest BCUT2D eigenvalue weighted by Crippen LogP contribution is -2.47. The summed E-state index contributed by atoms with van der Waals surface area (Å²) >= 11 is 0. The molecule has 2 aliphatic rings. The lowest BCUT2D eigenvalue weighted by atomic mass is 9.95. The summed E-state index contributed by atoms with van der Waals surface area (Å²) < 4.78 is 0. The molecule has 172 valence electrons. The molecular formula is C26H36N4O2. The summed E-state index contributed by atoms with van der Waals surface area (Å²) in [6, 6.07) is 13.8. The molecule has 1 unspecified atom stereocenters. The first kappa shape index (κ1) is 22.7. The van der Waals surface area contributed by atoms with Crippen LogP contribution in [0.25, 0.3) is 10.8 Å². The van der Waals surface area contributed by atoms with Gasteiger partial charge in [0.25, 0.3) is 5.91 Å². The number of nitrogens with zero attached hydrogens (tertiary/aromatic N) is 3. The standard InChI is InChI=1S/C26H36N4O2/c1-2-28-16-18-29(19-17-28)14-7-13-27-25(31)22-10-6-15-30(20-22)26(32)24-12-5-9-21-8-3-4-11-23(21)24/h3-5,8-9,11-12,22H,2,6-7,10,13-20H2,1H3,(H,27,31). The molecular weight excluding hydrogens is 400 g/mol. The van der Waals surface area contributed by atoms with Gasteiger partial charge in [0.15, 0.2) is 0 Å². The number of hydrogen-bond acceptors (Lipinski definition) is 4. The molecule has 2 aromatic carbocycles. The van der Waals surface area contributed by atoms with Gasteiger partial charge in [-0.1, -0.05) is 43.3 Å². The number of likely N-dealkylation sites (tertiary alicyclic amines) is 1. The van der Waals surface area contributed by atoms with Crippen molar-refractivity contribution in [2.45, 2.75) is 26.2 Å². The average molecular weight is 437 g/mol. The Morgan fingerprint density at radius 2 is 1.72 bits per heavy atom. The van der Waals surface area contributed by atoms with Gasteiger partial charge >= 0.3 is 0 Å². The van der Waals surface area contributed by atoms with E-state index in [1.807, 2.05) is 47.4 Å². The van der Waals surface area contributed by atoms with Crippen LogP contribution >= 0.6 is 0 Å². The van der Waals surface area contributed by atoms with Crippen LogP contribution in [-0.4, -0.2) is 85.4 Å². The van der Waals surface area contributed by atoms with E-state index >= 15 is 0 Å². The summed E-state index contributed by atoms with van der Waals surface area (Å²) in [5, 5.41) is 5.18. The molecule has 0 saturated carbocycles. The van der Waals surface area contributed by atoms with Gasteiger partial charge in [-0.25, -0.2) is 0 Å². The van der Waals surface area contributed by atoms with Crippen LogP contribution in [0.5, 0.6) is 0 Å². The Labute approximate surface area is 191 Å². The number of rotatable bonds is 7. The molecule has 4 rings (SSSR count). The number of nitrogens with one attached hydrogen (secondary N) is 1. The highest BCUT2D eigenvalue weighted by Gasteiger charge is 2.29. The van der Waals surface area contributed by atoms with Crippen LogP contribution in [0.15, 0.2) is 42.5 Å². The molecule has 0 bridgehead atoms. The van der Waals surface area contributed by atoms with Gasteiger partial charge in [-0.05, 0) is 49.2 Å². The summed E-state index contributed by atoms with van der Waals surface area (Å²) in [5.41, 5.74) is 0.729. The van der Waals surface area contributed by atoms with Crippen molar-refractivity contribution in [2.75, 3.05) is 58.9 Å². The predicted molar refractivity (Wildman–Crippen MR) is 129 cm³/mol. The van der Waals surface area contributed by atoms with E-state index in [9.17, 15) is 9.59 Å². The third-order valence-corrected chi connectivity index (χ3v) is 6.96. The summed E-state index contributed by atoms with van der Waals surface area (Å²) in [5.74, 6) is 0.0116. The van der Waals surface area contributed by atoms with Crippen LogP contribution in [0, 0.1) is 5.92 Å². The van der Waals surface area contributed by atoms with E-state index < -0.39 is 0 Å². The lowest BCUT2D eigenvalue weighted by molar-refractivity contribution is -0.126. The molecule has 0 aromatic heterocycles. The summed E-state index contributed by atoms with van der Waals surface area (Å²) in [4.78, 5) is 32.9. The molecule has 2 fully saturated rings. The highest BCUT2D eigenvalue weighted by atomic mass is 16.2. The summed E-state index contributed by atoms with van der Waals surface area (Å²) in [7, 11) is 0. The minimum absolute atomic E-state index is 0.0329. The average Bonchev–Trinajstić information content (AvgIpc) is 2.86. The van der Waals surface area contributed by atoms with Crippen LogP contribution < -0.4 is 5.32 Å². The summed E-state index contributed by atoms with van der Waals surface area (Å²) in [6.45, 7) is 10.8. The second-order valence-corrected chi connectivity index (χ2v) is 9.04. The van der Waals surface area contributed by atoms with Crippen LogP contribution in [0.3, 0.4) is 0 Å². The highest BCUT2D eigenvalue weighted by molar-refractivity contribution is 6.07. The fourth-order valence-corrected chi connectivity index (χ4v) is 4.95. The van der Waals surface area contributed by atoms with Gasteiger partial charge in [0.1, 0.15) is 0 Å². The molecule has 2 saturated heterocycles. The van der Waals surface area contributed by atoms with Gasteiger partial charge < -0.3 is 20.0 Å². The Morgan fingerprint density at radius 3 is 2.53 bits per heavy atom. The van der Waals surface area contributed by atoms with Crippen molar-refractivity contribution in [3.63, 3.8) is 0 Å². The van der Waals surface area contributed by atoms with Gasteiger partial charge in [-0.2, -0.15) is 0 Å². The minimum atomic E-state index is -0.115. The zero-order valence-corrected chi connectivity index (χ0v) is 19.3. The maximum Gasteiger partial charge on any atom is 0.254 e. The Balaban J connectivity index is 1.25. The molecule has 0 spiro atoms. The zero-order chi connectivity index (χ0) is 22.3. The van der Waals surface area contributed by atoms with Gasteiger partial charge in [0, 0.05) is 51.4 Å². The van der Waals surface area contributed by atoms with E-state index in [1.165, 1.54) is 0 Å². The Hall–Kier alpha value is -2.44. The third kappa shape index (κ3) is 5.48. The molecule has 0 aliphatic carbocycles. The normalized spacial score (nSPS) is 20.4. The van der Waals surface area contributed by atoms with E-state index in [0.29, 0.717) is 13.1 Å². The number of likely N-dealkylation sites (N-methyl/N-ethyl adjacent to an activating group) is 1. The number of carbonyl (C=O) groups is 2. The van der Waals surface area contributed by atoms with E-state index in [0.717, 1.165) is 81.4 Å². The number of piperazine rings is 1. The first-order valence-electron chi connectivity index (χ1n) is 12.1. The third-order valence-electron chi connectivity index (χ3n) is 6.96. The number of hydrogen-bond donors (Lipinski definition) is 1. The first-order chi connectivity index (χ1) is 15.7. The van der Waals surface area contributed by atoms with Crippen molar-refractivity contribution in [3.8, 4) is 0 Å². The zero-order valence-electron chi connectivity index (χ0n) is 19.3. The van der Waals surface area contributed by atoms with Crippen LogP contribution in [0.1, 0.15) is 36.5 Å². The largest absolute Gasteiger partial charge is 0.356 e. The van der Waals surface area contributed by atoms with Crippen molar-refractivity contribution in [1.29, 1.82) is 0 Å². The molecule has 0 radical (unpaired) electrons. The molecule has 2 amide bonds. The number of fused-ring (bicyclic) bond motifs is 1. The fraction of sp³-hybridized carbons (Fsp3) is 0.538. The van der Waals surface area contributed by atoms with Crippen LogP contribution in [0.2, 0.25) is 0 Å². The summed E-state index contributed by atoms with van der Waals surface area (Å²) in [6.07, 6.45) is 2.70. The molecule has 1 atom stereocenters. The van der Waals surface area contributed by atoms with Crippen LogP contribution in [0.4, 0.5) is 0 Å². The van der Waals surface area contributed by atoms with Gasteiger partial charge in [-0.3, -0.25) is 9.59 Å². The number of carbonyl (C=O) groups excluding carboxylic acids is 2. The fourth-order valence-electron chi connectivity index (χ4n) is 4.95. The topological polar surface area (TPSA) is 55.9 Å². The van der Waals surface area contributed by atoms with E-state index in [-0.39, 0.29) is 17.7 Å².